The Balaban J connectivity index is 1.86. The van der Waals surface area contributed by atoms with Gasteiger partial charge in [0.25, 0.3) is 0 Å². The molecule has 1 aliphatic heterocycles. The minimum Gasteiger partial charge on any atom is -0.453 e. The van der Waals surface area contributed by atoms with Gasteiger partial charge in [-0.15, -0.1) is 0 Å². The van der Waals surface area contributed by atoms with Crippen LogP contribution < -0.4 is 5.32 Å². The molecule has 1 amide bonds. The normalized spacial score (nSPS) is 24.9. The Kier molecular flexibility index (Phi) is 8.72. The molecule has 3 rings (SSSR count). The lowest BCUT2D eigenvalue weighted by atomic mass is 9.96. The van der Waals surface area contributed by atoms with Crippen molar-refractivity contribution < 1.29 is 46.1 Å². The first-order valence-electron chi connectivity index (χ1n) is 10.3. The third kappa shape index (κ3) is 7.32. The van der Waals surface area contributed by atoms with Crippen molar-refractivity contribution in [2.75, 3.05) is 6.61 Å². The Morgan fingerprint density at radius 1 is 1.03 bits per heavy atom. The molecule has 1 aliphatic rings. The number of hydrogen-bond acceptors (Lipinski definition) is 9. The van der Waals surface area contributed by atoms with Gasteiger partial charge in [0.05, 0.1) is 18.8 Å². The van der Waals surface area contributed by atoms with E-state index in [1.165, 1.54) is 12.1 Å². The first-order chi connectivity index (χ1) is 16.1. The van der Waals surface area contributed by atoms with Gasteiger partial charge in [-0.3, -0.25) is 9.35 Å². The maximum Gasteiger partial charge on any atom is 0.397 e. The number of hydrogen-bond donors (Lipinski definition) is 3. The SMILES string of the molecule is CC(=O)N[C@@H]1[C@@H](OC(=O)c2ccccc2)[C@H](OS(=O)(=O)O)[C@@H](COCc2ccccc2)O[C@H]1O. The van der Waals surface area contributed by atoms with Gasteiger partial charge in [0, 0.05) is 6.92 Å². The molecule has 0 saturated carbocycles. The van der Waals surface area contributed by atoms with Crippen LogP contribution in [-0.2, 0) is 40.2 Å². The van der Waals surface area contributed by atoms with Crippen molar-refractivity contribution in [2.45, 2.75) is 44.2 Å². The van der Waals surface area contributed by atoms with E-state index in [2.05, 4.69) is 5.32 Å². The van der Waals surface area contributed by atoms with Crippen LogP contribution in [0.3, 0.4) is 0 Å². The molecule has 2 aromatic carbocycles. The summed E-state index contributed by atoms with van der Waals surface area (Å²) in [5, 5.41) is 12.9. The number of benzene rings is 2. The van der Waals surface area contributed by atoms with Crippen molar-refractivity contribution in [3.63, 3.8) is 0 Å². The number of aliphatic hydroxyl groups is 1. The van der Waals surface area contributed by atoms with E-state index >= 15 is 0 Å². The van der Waals surface area contributed by atoms with Crippen LogP contribution in [0.2, 0.25) is 0 Å². The first kappa shape index (κ1) is 25.7. The molecular weight excluding hydrogens is 470 g/mol. The smallest absolute Gasteiger partial charge is 0.397 e. The van der Waals surface area contributed by atoms with Gasteiger partial charge in [0.15, 0.2) is 12.4 Å². The van der Waals surface area contributed by atoms with E-state index in [9.17, 15) is 27.7 Å². The molecule has 3 N–H and O–H groups in total. The van der Waals surface area contributed by atoms with Crippen LogP contribution in [0.1, 0.15) is 22.8 Å². The van der Waals surface area contributed by atoms with Crippen molar-refractivity contribution >= 4 is 22.3 Å². The lowest BCUT2D eigenvalue weighted by Gasteiger charge is -2.43. The Bertz CT molecular complexity index is 1060. The Hall–Kier alpha value is -2.87. The Morgan fingerprint density at radius 2 is 1.65 bits per heavy atom. The summed E-state index contributed by atoms with van der Waals surface area (Å²) in [6.07, 6.45) is -6.21. The van der Waals surface area contributed by atoms with E-state index in [0.717, 1.165) is 12.5 Å². The second-order valence-corrected chi connectivity index (χ2v) is 8.56. The summed E-state index contributed by atoms with van der Waals surface area (Å²) in [4.78, 5) is 24.4. The number of esters is 1. The topological polar surface area (TPSA) is 158 Å². The van der Waals surface area contributed by atoms with Crippen LogP contribution in [0.15, 0.2) is 60.7 Å². The van der Waals surface area contributed by atoms with Crippen LogP contribution >= 0.6 is 0 Å². The summed E-state index contributed by atoms with van der Waals surface area (Å²) in [6, 6.07) is 15.4. The molecule has 0 aromatic heterocycles. The summed E-state index contributed by atoms with van der Waals surface area (Å²) >= 11 is 0. The van der Waals surface area contributed by atoms with Gasteiger partial charge < -0.3 is 24.6 Å². The fraction of sp³-hybridized carbons (Fsp3) is 0.364. The number of carbonyl (C=O) groups excluding carboxylic acids is 2. The zero-order valence-corrected chi connectivity index (χ0v) is 19.0. The van der Waals surface area contributed by atoms with Gasteiger partial charge in [-0.05, 0) is 17.7 Å². The number of ether oxygens (including phenoxy) is 3. The predicted molar refractivity (Wildman–Crippen MR) is 117 cm³/mol. The zero-order chi connectivity index (χ0) is 24.7. The van der Waals surface area contributed by atoms with Crippen LogP contribution in [0.25, 0.3) is 0 Å². The molecule has 1 saturated heterocycles. The fourth-order valence-corrected chi connectivity index (χ4v) is 3.99. The van der Waals surface area contributed by atoms with Crippen LogP contribution in [0.5, 0.6) is 0 Å². The minimum atomic E-state index is -5.06. The lowest BCUT2D eigenvalue weighted by molar-refractivity contribution is -0.252. The second-order valence-electron chi connectivity index (χ2n) is 7.52. The quantitative estimate of drug-likeness (QED) is 0.336. The van der Waals surface area contributed by atoms with Gasteiger partial charge in [0.1, 0.15) is 18.2 Å². The number of rotatable bonds is 9. The predicted octanol–water partition coefficient (Wildman–Crippen LogP) is 0.839. The highest BCUT2D eigenvalue weighted by atomic mass is 32.3. The average Bonchev–Trinajstić information content (AvgIpc) is 2.79. The van der Waals surface area contributed by atoms with Crippen molar-refractivity contribution in [1.82, 2.24) is 5.32 Å². The summed E-state index contributed by atoms with van der Waals surface area (Å²) < 4.78 is 53.8. The third-order valence-corrected chi connectivity index (χ3v) is 5.38. The van der Waals surface area contributed by atoms with Crippen LogP contribution in [0, 0.1) is 0 Å². The molecule has 34 heavy (non-hydrogen) atoms. The van der Waals surface area contributed by atoms with Crippen molar-refractivity contribution in [3.05, 3.63) is 71.8 Å². The second kappa shape index (κ2) is 11.5. The van der Waals surface area contributed by atoms with E-state index in [1.807, 2.05) is 6.07 Å². The number of carbonyl (C=O) groups is 2. The molecular formula is C22H25NO10S. The molecule has 0 radical (unpaired) electrons. The van der Waals surface area contributed by atoms with Crippen molar-refractivity contribution in [2.24, 2.45) is 0 Å². The summed E-state index contributed by atoms with van der Waals surface area (Å²) in [6.45, 7) is 0.980. The van der Waals surface area contributed by atoms with Gasteiger partial charge in [-0.25, -0.2) is 8.98 Å². The van der Waals surface area contributed by atoms with Gasteiger partial charge in [-0.2, -0.15) is 8.42 Å². The fourth-order valence-electron chi connectivity index (χ4n) is 3.47. The Labute approximate surface area is 196 Å². The number of nitrogens with one attached hydrogen (secondary N) is 1. The van der Waals surface area contributed by atoms with Crippen LogP contribution in [0.4, 0.5) is 0 Å². The maximum absolute atomic E-state index is 12.7. The van der Waals surface area contributed by atoms with Gasteiger partial charge in [0.2, 0.25) is 5.91 Å². The van der Waals surface area contributed by atoms with E-state index in [4.69, 9.17) is 18.4 Å². The van der Waals surface area contributed by atoms with E-state index in [-0.39, 0.29) is 18.8 Å². The molecule has 0 spiro atoms. The Morgan fingerprint density at radius 3 is 2.24 bits per heavy atom. The highest BCUT2D eigenvalue weighted by molar-refractivity contribution is 7.80. The van der Waals surface area contributed by atoms with Crippen molar-refractivity contribution in [1.29, 1.82) is 0 Å². The molecule has 5 atom stereocenters. The van der Waals surface area contributed by atoms with E-state index in [0.29, 0.717) is 0 Å². The lowest BCUT2D eigenvalue weighted by Crippen LogP contribution is -2.66. The number of aliphatic hydroxyl groups excluding tert-OH is 1. The molecule has 12 heteroatoms. The third-order valence-electron chi connectivity index (χ3n) is 4.91. The average molecular weight is 496 g/mol. The molecule has 1 heterocycles. The summed E-state index contributed by atoms with van der Waals surface area (Å²) in [7, 11) is -5.06. The number of amides is 1. The first-order valence-corrected chi connectivity index (χ1v) is 11.6. The maximum atomic E-state index is 12.7. The highest BCUT2D eigenvalue weighted by Gasteiger charge is 2.50. The van der Waals surface area contributed by atoms with Crippen molar-refractivity contribution in [3.8, 4) is 0 Å². The van der Waals surface area contributed by atoms with Gasteiger partial charge in [-0.1, -0.05) is 48.5 Å². The molecule has 11 nitrogen and oxygen atoms in total. The minimum absolute atomic E-state index is 0.124. The summed E-state index contributed by atoms with van der Waals surface area (Å²) in [5.74, 6) is -1.49. The van der Waals surface area contributed by atoms with E-state index < -0.39 is 52.9 Å². The highest BCUT2D eigenvalue weighted by Crippen LogP contribution is 2.28. The van der Waals surface area contributed by atoms with Gasteiger partial charge >= 0.3 is 16.4 Å². The molecule has 0 bridgehead atoms. The van der Waals surface area contributed by atoms with E-state index in [1.54, 1.807) is 42.5 Å². The summed E-state index contributed by atoms with van der Waals surface area (Å²) in [5.41, 5.74) is 0.946. The molecule has 0 unspecified atom stereocenters. The standard InChI is InChI=1S/C22H25NO10S/c1-14(24)23-18-20(32-21(25)16-10-6-3-7-11-16)19(33-34(27,28)29)17(31-22(18)26)13-30-12-15-8-4-2-5-9-15/h2-11,17-20,22,26H,12-13H2,1H3,(H,23,24)(H,27,28,29)/t17-,18-,19-,20-,22-/m1/s1. The molecule has 2 aromatic rings. The monoisotopic (exact) mass is 495 g/mol. The molecule has 0 aliphatic carbocycles. The largest absolute Gasteiger partial charge is 0.453 e. The van der Waals surface area contributed by atoms with Crippen LogP contribution in [-0.4, -0.2) is 67.2 Å². The molecule has 1 fully saturated rings. The zero-order valence-electron chi connectivity index (χ0n) is 18.1. The molecule has 184 valence electrons.